The summed E-state index contributed by atoms with van der Waals surface area (Å²) >= 11 is 1.59. The van der Waals surface area contributed by atoms with Crippen molar-refractivity contribution in [2.75, 3.05) is 30.4 Å². The summed E-state index contributed by atoms with van der Waals surface area (Å²) in [5, 5.41) is 6.52. The predicted octanol–water partition coefficient (Wildman–Crippen LogP) is 1.87. The summed E-state index contributed by atoms with van der Waals surface area (Å²) in [7, 11) is 0. The zero-order valence-corrected chi connectivity index (χ0v) is 12.4. The molecule has 0 bridgehead atoms. The molecule has 0 radical (unpaired) electrons. The van der Waals surface area contributed by atoms with E-state index in [-0.39, 0.29) is 0 Å². The molecule has 1 aliphatic heterocycles. The number of hydrogen-bond acceptors (Lipinski definition) is 7. The molecule has 0 aromatic carbocycles. The van der Waals surface area contributed by atoms with E-state index in [4.69, 9.17) is 5.84 Å². The standard InChI is InChI=1S/C13H20N6S/c1-9(19-5-2-3-6-19)8-15-11-10-4-7-20-12(10)17-13(16-11)18-14/h4,7,9H,2-3,5-6,8,14H2,1H3,(H2,15,16,17,18). The van der Waals surface area contributed by atoms with E-state index in [9.17, 15) is 0 Å². The normalized spacial score (nSPS) is 17.5. The second kappa shape index (κ2) is 5.90. The number of nitrogens with two attached hydrogens (primary N) is 1. The van der Waals surface area contributed by atoms with Crippen LogP contribution in [0.4, 0.5) is 11.8 Å². The Morgan fingerprint density at radius 3 is 2.95 bits per heavy atom. The molecule has 7 heteroatoms. The number of nitrogens with zero attached hydrogens (tertiary/aromatic N) is 3. The van der Waals surface area contributed by atoms with E-state index in [1.54, 1.807) is 11.3 Å². The fourth-order valence-electron chi connectivity index (χ4n) is 2.61. The average Bonchev–Trinajstić information content (AvgIpc) is 3.14. The fourth-order valence-corrected chi connectivity index (χ4v) is 3.37. The number of nitrogens with one attached hydrogen (secondary N) is 2. The quantitative estimate of drug-likeness (QED) is 0.577. The summed E-state index contributed by atoms with van der Waals surface area (Å²) in [6.45, 7) is 5.55. The van der Waals surface area contributed by atoms with Crippen molar-refractivity contribution in [1.82, 2.24) is 14.9 Å². The fraction of sp³-hybridized carbons (Fsp3) is 0.538. The first-order valence-corrected chi connectivity index (χ1v) is 7.85. The molecule has 0 saturated carbocycles. The minimum absolute atomic E-state index is 0.455. The lowest BCUT2D eigenvalue weighted by molar-refractivity contribution is 0.269. The molecule has 4 N–H and O–H groups in total. The summed E-state index contributed by atoms with van der Waals surface area (Å²) in [4.78, 5) is 12.2. The number of thiophene rings is 1. The van der Waals surface area contributed by atoms with Crippen LogP contribution < -0.4 is 16.6 Å². The topological polar surface area (TPSA) is 79.1 Å². The summed E-state index contributed by atoms with van der Waals surface area (Å²) in [5.74, 6) is 6.74. The Hall–Kier alpha value is -1.44. The van der Waals surface area contributed by atoms with Crippen LogP contribution in [0.5, 0.6) is 0 Å². The van der Waals surface area contributed by atoms with Crippen molar-refractivity contribution in [3.05, 3.63) is 11.4 Å². The first kappa shape index (κ1) is 13.5. The van der Waals surface area contributed by atoms with Crippen molar-refractivity contribution in [1.29, 1.82) is 0 Å². The molecule has 108 valence electrons. The smallest absolute Gasteiger partial charge is 0.240 e. The molecular formula is C13H20N6S. The van der Waals surface area contributed by atoms with Crippen LogP contribution in [0.2, 0.25) is 0 Å². The largest absolute Gasteiger partial charge is 0.368 e. The number of fused-ring (bicyclic) bond motifs is 1. The molecule has 6 nitrogen and oxygen atoms in total. The van der Waals surface area contributed by atoms with Crippen LogP contribution in [0.1, 0.15) is 19.8 Å². The zero-order valence-electron chi connectivity index (χ0n) is 11.6. The highest BCUT2D eigenvalue weighted by molar-refractivity contribution is 7.16. The number of anilines is 2. The Labute approximate surface area is 122 Å². The van der Waals surface area contributed by atoms with Gasteiger partial charge in [0.15, 0.2) is 0 Å². The maximum atomic E-state index is 5.43. The molecule has 1 fully saturated rings. The molecule has 1 atom stereocenters. The number of nitrogen functional groups attached to an aromatic ring is 1. The number of hydrazine groups is 1. The van der Waals surface area contributed by atoms with E-state index in [0.717, 1.165) is 22.6 Å². The molecule has 3 rings (SSSR count). The first-order chi connectivity index (χ1) is 9.78. The van der Waals surface area contributed by atoms with Crippen LogP contribution in [-0.2, 0) is 0 Å². The van der Waals surface area contributed by atoms with E-state index >= 15 is 0 Å². The second-order valence-corrected chi connectivity index (χ2v) is 6.05. The minimum Gasteiger partial charge on any atom is -0.368 e. The third-order valence-corrected chi connectivity index (χ3v) is 4.59. The van der Waals surface area contributed by atoms with Crippen molar-refractivity contribution < 1.29 is 0 Å². The highest BCUT2D eigenvalue weighted by Crippen LogP contribution is 2.26. The maximum absolute atomic E-state index is 5.43. The number of aromatic nitrogens is 2. The van der Waals surface area contributed by atoms with Gasteiger partial charge in [0.25, 0.3) is 0 Å². The molecule has 3 heterocycles. The van der Waals surface area contributed by atoms with Gasteiger partial charge in [-0.2, -0.15) is 4.98 Å². The first-order valence-electron chi connectivity index (χ1n) is 6.97. The number of hydrogen-bond donors (Lipinski definition) is 3. The van der Waals surface area contributed by atoms with E-state index in [0.29, 0.717) is 12.0 Å². The number of rotatable bonds is 5. The Kier molecular flexibility index (Phi) is 4.00. The van der Waals surface area contributed by atoms with Crippen LogP contribution in [0.25, 0.3) is 10.2 Å². The van der Waals surface area contributed by atoms with Gasteiger partial charge >= 0.3 is 0 Å². The zero-order chi connectivity index (χ0) is 13.9. The summed E-state index contributed by atoms with van der Waals surface area (Å²) in [5.41, 5.74) is 2.53. The van der Waals surface area contributed by atoms with Crippen molar-refractivity contribution in [3.63, 3.8) is 0 Å². The molecular weight excluding hydrogens is 272 g/mol. The maximum Gasteiger partial charge on any atom is 0.240 e. The highest BCUT2D eigenvalue weighted by Gasteiger charge is 2.18. The van der Waals surface area contributed by atoms with Gasteiger partial charge in [-0.1, -0.05) is 0 Å². The van der Waals surface area contributed by atoms with Gasteiger partial charge in [0, 0.05) is 12.6 Å². The minimum atomic E-state index is 0.455. The molecule has 1 saturated heterocycles. The third kappa shape index (κ3) is 2.70. The molecule has 2 aromatic heterocycles. The van der Waals surface area contributed by atoms with Gasteiger partial charge in [0.05, 0.1) is 5.39 Å². The van der Waals surface area contributed by atoms with Gasteiger partial charge in [0.2, 0.25) is 5.95 Å². The lowest BCUT2D eigenvalue weighted by atomic mass is 10.3. The van der Waals surface area contributed by atoms with Gasteiger partial charge in [0.1, 0.15) is 10.6 Å². The molecule has 1 aliphatic rings. The van der Waals surface area contributed by atoms with Crippen LogP contribution in [0.3, 0.4) is 0 Å². The third-order valence-electron chi connectivity index (χ3n) is 3.78. The van der Waals surface area contributed by atoms with Gasteiger partial charge in [-0.3, -0.25) is 10.3 Å². The lowest BCUT2D eigenvalue weighted by Crippen LogP contribution is -2.35. The van der Waals surface area contributed by atoms with Crippen LogP contribution in [0, 0.1) is 0 Å². The Morgan fingerprint density at radius 1 is 1.40 bits per heavy atom. The molecule has 0 spiro atoms. The van der Waals surface area contributed by atoms with Crippen molar-refractivity contribution in [2.24, 2.45) is 5.84 Å². The molecule has 0 aliphatic carbocycles. The lowest BCUT2D eigenvalue weighted by Gasteiger charge is -2.24. The van der Waals surface area contributed by atoms with E-state index < -0.39 is 0 Å². The van der Waals surface area contributed by atoms with Crippen molar-refractivity contribution in [3.8, 4) is 0 Å². The van der Waals surface area contributed by atoms with Crippen LogP contribution in [-0.4, -0.2) is 40.5 Å². The van der Waals surface area contributed by atoms with Crippen molar-refractivity contribution >= 4 is 33.3 Å². The Bertz CT molecular complexity index is 577. The monoisotopic (exact) mass is 292 g/mol. The molecule has 20 heavy (non-hydrogen) atoms. The molecule has 0 amide bonds. The van der Waals surface area contributed by atoms with E-state index in [1.807, 2.05) is 11.4 Å². The summed E-state index contributed by atoms with van der Waals surface area (Å²) in [6, 6.07) is 2.55. The van der Waals surface area contributed by atoms with Gasteiger partial charge < -0.3 is 5.32 Å². The Morgan fingerprint density at radius 2 is 2.20 bits per heavy atom. The second-order valence-electron chi connectivity index (χ2n) is 5.15. The average molecular weight is 292 g/mol. The van der Waals surface area contributed by atoms with Gasteiger partial charge in [-0.25, -0.2) is 10.8 Å². The summed E-state index contributed by atoms with van der Waals surface area (Å²) < 4.78 is 0. The van der Waals surface area contributed by atoms with Gasteiger partial charge in [-0.05, 0) is 44.3 Å². The highest BCUT2D eigenvalue weighted by atomic mass is 32.1. The number of likely N-dealkylation sites (tertiary alicyclic amines) is 1. The van der Waals surface area contributed by atoms with E-state index in [1.165, 1.54) is 25.9 Å². The summed E-state index contributed by atoms with van der Waals surface area (Å²) in [6.07, 6.45) is 2.63. The van der Waals surface area contributed by atoms with Crippen LogP contribution >= 0.6 is 11.3 Å². The van der Waals surface area contributed by atoms with E-state index in [2.05, 4.69) is 32.5 Å². The van der Waals surface area contributed by atoms with Crippen molar-refractivity contribution in [2.45, 2.75) is 25.8 Å². The SMILES string of the molecule is CC(CNc1nc(NN)nc2sccc12)N1CCCC1. The molecule has 2 aromatic rings. The van der Waals surface area contributed by atoms with Crippen LogP contribution in [0.15, 0.2) is 11.4 Å². The molecule has 1 unspecified atom stereocenters. The van der Waals surface area contributed by atoms with Gasteiger partial charge in [-0.15, -0.1) is 11.3 Å². The predicted molar refractivity (Wildman–Crippen MR) is 84.0 cm³/mol. The Balaban J connectivity index is 1.74.